The molecule has 1 aliphatic rings. The second-order valence-electron chi connectivity index (χ2n) is 5.58. The third-order valence-electron chi connectivity index (χ3n) is 3.62. The fourth-order valence-corrected chi connectivity index (χ4v) is 2.96. The van der Waals surface area contributed by atoms with E-state index >= 15 is 0 Å². The molecule has 1 aromatic heterocycles. The van der Waals surface area contributed by atoms with Crippen LogP contribution < -0.4 is 5.73 Å². The summed E-state index contributed by atoms with van der Waals surface area (Å²) in [5, 5.41) is 0. The van der Waals surface area contributed by atoms with Gasteiger partial charge in [-0.3, -0.25) is 4.90 Å². The molecule has 106 valence electrons. The molecule has 2 N–H and O–H groups in total. The molecule has 0 aliphatic carbocycles. The van der Waals surface area contributed by atoms with Gasteiger partial charge in [0.05, 0.1) is 16.2 Å². The Bertz CT molecular complexity index is 463. The number of nitrogens with zero attached hydrogens (tertiary/aromatic N) is 4. The minimum atomic E-state index is 0.214. The van der Waals surface area contributed by atoms with E-state index in [2.05, 4.69) is 58.7 Å². The van der Waals surface area contributed by atoms with Crippen LogP contribution in [0.1, 0.15) is 37.3 Å². The van der Waals surface area contributed by atoms with Gasteiger partial charge in [0.1, 0.15) is 11.6 Å². The SMILES string of the molecule is CC(C)c1nc(C2CN(C)CCN2C)nc(N)c1Br. The number of nitrogens with two attached hydrogens (primary N) is 1. The quantitative estimate of drug-likeness (QED) is 0.898. The number of piperazine rings is 1. The van der Waals surface area contributed by atoms with E-state index in [0.717, 1.165) is 35.6 Å². The van der Waals surface area contributed by atoms with Gasteiger partial charge >= 0.3 is 0 Å². The van der Waals surface area contributed by atoms with Crippen LogP contribution in [0.3, 0.4) is 0 Å². The summed E-state index contributed by atoms with van der Waals surface area (Å²) >= 11 is 3.49. The van der Waals surface area contributed by atoms with Crippen LogP contribution in [0.15, 0.2) is 4.47 Å². The van der Waals surface area contributed by atoms with Gasteiger partial charge in [0.2, 0.25) is 0 Å². The smallest absolute Gasteiger partial charge is 0.149 e. The van der Waals surface area contributed by atoms with Gasteiger partial charge in [-0.1, -0.05) is 13.8 Å². The first-order chi connectivity index (χ1) is 8.90. The largest absolute Gasteiger partial charge is 0.383 e. The first-order valence-corrected chi connectivity index (χ1v) is 7.41. The van der Waals surface area contributed by atoms with Gasteiger partial charge in [-0.25, -0.2) is 9.97 Å². The molecule has 0 bridgehead atoms. The van der Waals surface area contributed by atoms with Gasteiger partial charge in [0.15, 0.2) is 0 Å². The zero-order valence-electron chi connectivity index (χ0n) is 12.0. The number of rotatable bonds is 2. The molecule has 1 aliphatic heterocycles. The van der Waals surface area contributed by atoms with Crippen molar-refractivity contribution in [2.75, 3.05) is 39.5 Å². The van der Waals surface area contributed by atoms with Gasteiger partial charge in [0, 0.05) is 19.6 Å². The number of halogens is 1. The average Bonchev–Trinajstić information content (AvgIpc) is 2.35. The monoisotopic (exact) mass is 327 g/mol. The lowest BCUT2D eigenvalue weighted by Gasteiger charge is -2.36. The minimum Gasteiger partial charge on any atom is -0.383 e. The second kappa shape index (κ2) is 5.73. The highest BCUT2D eigenvalue weighted by Gasteiger charge is 2.27. The number of nitrogen functional groups attached to an aromatic ring is 1. The van der Waals surface area contributed by atoms with E-state index in [-0.39, 0.29) is 6.04 Å². The zero-order valence-corrected chi connectivity index (χ0v) is 13.6. The van der Waals surface area contributed by atoms with Crippen LogP contribution in [0.2, 0.25) is 0 Å². The number of aromatic nitrogens is 2. The molecule has 0 saturated carbocycles. The molecule has 1 atom stereocenters. The summed E-state index contributed by atoms with van der Waals surface area (Å²) < 4.78 is 0.832. The van der Waals surface area contributed by atoms with E-state index in [4.69, 9.17) is 10.7 Å². The fraction of sp³-hybridized carbons (Fsp3) is 0.692. The van der Waals surface area contributed by atoms with E-state index in [0.29, 0.717) is 11.7 Å². The molecule has 2 rings (SSSR count). The van der Waals surface area contributed by atoms with Crippen molar-refractivity contribution < 1.29 is 0 Å². The topological polar surface area (TPSA) is 58.3 Å². The molecule has 0 spiro atoms. The second-order valence-corrected chi connectivity index (χ2v) is 6.37. The normalized spacial score (nSPS) is 22.1. The van der Waals surface area contributed by atoms with Crippen molar-refractivity contribution in [3.63, 3.8) is 0 Å². The van der Waals surface area contributed by atoms with Gasteiger partial charge in [-0.2, -0.15) is 0 Å². The van der Waals surface area contributed by atoms with Crippen molar-refractivity contribution in [3.05, 3.63) is 16.0 Å². The molecule has 2 heterocycles. The summed E-state index contributed by atoms with van der Waals surface area (Å²) in [6, 6.07) is 0.214. The Labute approximate surface area is 123 Å². The summed E-state index contributed by atoms with van der Waals surface area (Å²) in [5.41, 5.74) is 7.01. The highest BCUT2D eigenvalue weighted by Crippen LogP contribution is 2.30. The van der Waals surface area contributed by atoms with Crippen LogP contribution in [0.5, 0.6) is 0 Å². The van der Waals surface area contributed by atoms with E-state index in [1.54, 1.807) is 0 Å². The van der Waals surface area contributed by atoms with E-state index in [9.17, 15) is 0 Å². The summed E-state index contributed by atoms with van der Waals surface area (Å²) in [5.74, 6) is 1.69. The highest BCUT2D eigenvalue weighted by atomic mass is 79.9. The number of anilines is 1. The standard InChI is InChI=1S/C13H22BrN5/c1-8(2)11-10(14)12(15)17-13(16-11)9-7-18(3)5-6-19(9)4/h8-9H,5-7H2,1-4H3,(H2,15,16,17). The van der Waals surface area contributed by atoms with Crippen molar-refractivity contribution >= 4 is 21.7 Å². The van der Waals surface area contributed by atoms with Crippen LogP contribution in [0.4, 0.5) is 5.82 Å². The molecular weight excluding hydrogens is 306 g/mol. The third-order valence-corrected chi connectivity index (χ3v) is 4.43. The fourth-order valence-electron chi connectivity index (χ4n) is 2.32. The molecule has 5 nitrogen and oxygen atoms in total. The molecule has 1 aromatic rings. The highest BCUT2D eigenvalue weighted by molar-refractivity contribution is 9.10. The average molecular weight is 328 g/mol. The zero-order chi connectivity index (χ0) is 14.2. The Morgan fingerprint density at radius 2 is 1.95 bits per heavy atom. The number of hydrogen-bond donors (Lipinski definition) is 1. The van der Waals surface area contributed by atoms with Gasteiger partial charge in [-0.05, 0) is 35.9 Å². The molecule has 0 radical (unpaired) electrons. The van der Waals surface area contributed by atoms with E-state index in [1.165, 1.54) is 0 Å². The predicted molar refractivity (Wildman–Crippen MR) is 81.1 cm³/mol. The van der Waals surface area contributed by atoms with Crippen LogP contribution in [-0.4, -0.2) is 53.5 Å². The first-order valence-electron chi connectivity index (χ1n) is 6.61. The van der Waals surface area contributed by atoms with Crippen LogP contribution in [0, 0.1) is 0 Å². The van der Waals surface area contributed by atoms with Crippen molar-refractivity contribution in [2.45, 2.75) is 25.8 Å². The van der Waals surface area contributed by atoms with Crippen molar-refractivity contribution in [1.82, 2.24) is 19.8 Å². The Hall–Kier alpha value is -0.720. The van der Waals surface area contributed by atoms with Crippen LogP contribution in [0.25, 0.3) is 0 Å². The summed E-state index contributed by atoms with van der Waals surface area (Å²) in [6.45, 7) is 7.28. The molecule has 1 unspecified atom stereocenters. The molecule has 1 fully saturated rings. The minimum absolute atomic E-state index is 0.214. The van der Waals surface area contributed by atoms with Crippen molar-refractivity contribution in [2.24, 2.45) is 0 Å². The summed E-state index contributed by atoms with van der Waals surface area (Å²) in [7, 11) is 4.25. The maximum absolute atomic E-state index is 6.02. The molecule has 0 amide bonds. The Balaban J connectivity index is 2.39. The van der Waals surface area contributed by atoms with Gasteiger partial charge in [-0.15, -0.1) is 0 Å². The van der Waals surface area contributed by atoms with E-state index < -0.39 is 0 Å². The Morgan fingerprint density at radius 1 is 1.26 bits per heavy atom. The molecule has 19 heavy (non-hydrogen) atoms. The van der Waals surface area contributed by atoms with Gasteiger partial charge < -0.3 is 10.6 Å². The van der Waals surface area contributed by atoms with Crippen molar-refractivity contribution in [1.29, 1.82) is 0 Å². The van der Waals surface area contributed by atoms with Crippen LogP contribution in [-0.2, 0) is 0 Å². The van der Waals surface area contributed by atoms with Crippen molar-refractivity contribution in [3.8, 4) is 0 Å². The lowest BCUT2D eigenvalue weighted by atomic mass is 10.1. The lowest BCUT2D eigenvalue weighted by Crippen LogP contribution is -2.45. The maximum atomic E-state index is 6.02. The third kappa shape index (κ3) is 3.07. The Morgan fingerprint density at radius 3 is 2.58 bits per heavy atom. The molecular formula is C13H22BrN5. The summed E-state index contributed by atoms with van der Waals surface area (Å²) in [6.07, 6.45) is 0. The van der Waals surface area contributed by atoms with Gasteiger partial charge in [0.25, 0.3) is 0 Å². The number of likely N-dealkylation sites (N-methyl/N-ethyl adjacent to an activating group) is 2. The van der Waals surface area contributed by atoms with E-state index in [1.807, 2.05) is 0 Å². The first kappa shape index (κ1) is 14.7. The predicted octanol–water partition coefficient (Wildman–Crippen LogP) is 1.86. The maximum Gasteiger partial charge on any atom is 0.149 e. The molecule has 6 heteroatoms. The summed E-state index contributed by atoms with van der Waals surface area (Å²) in [4.78, 5) is 13.8. The lowest BCUT2D eigenvalue weighted by molar-refractivity contribution is 0.109. The number of hydrogen-bond acceptors (Lipinski definition) is 5. The Kier molecular flexibility index (Phi) is 4.43. The molecule has 1 saturated heterocycles. The van der Waals surface area contributed by atoms with Crippen LogP contribution >= 0.6 is 15.9 Å². The molecule has 0 aromatic carbocycles.